The van der Waals surface area contributed by atoms with Crippen molar-refractivity contribution >= 4 is 25.7 Å². The van der Waals surface area contributed by atoms with Gasteiger partial charge in [0, 0.05) is 24.1 Å². The SMILES string of the molecule is CCOP(=S)(OCC)[C@H]1CCCC(P(=O)(N(C)C)N(C)C)=C1N1CCOCC1. The van der Waals surface area contributed by atoms with Crippen LogP contribution < -0.4 is 0 Å². The van der Waals surface area contributed by atoms with Crippen LogP contribution in [-0.4, -0.2) is 87.6 Å². The summed E-state index contributed by atoms with van der Waals surface area (Å²) in [5, 5.41) is 1.01. The number of nitrogens with zero attached hydrogens (tertiary/aromatic N) is 3. The van der Waals surface area contributed by atoms with Gasteiger partial charge in [0.15, 0.2) is 6.49 Å². The predicted molar refractivity (Wildman–Crippen MR) is 120 cm³/mol. The normalized spacial score (nSPS) is 22.4. The average molecular weight is 454 g/mol. The fourth-order valence-electron chi connectivity index (χ4n) is 4.14. The Bertz CT molecular complexity index is 629. The van der Waals surface area contributed by atoms with Crippen LogP contribution in [0.1, 0.15) is 33.1 Å². The van der Waals surface area contributed by atoms with E-state index in [1.807, 2.05) is 51.4 Å². The van der Waals surface area contributed by atoms with Gasteiger partial charge in [0.05, 0.1) is 32.1 Å². The summed E-state index contributed by atoms with van der Waals surface area (Å²) in [6.07, 6.45) is 2.66. The topological polar surface area (TPSA) is 54.5 Å². The van der Waals surface area contributed by atoms with Crippen LogP contribution in [0.4, 0.5) is 0 Å². The Labute approximate surface area is 176 Å². The number of hydrogen-bond acceptors (Lipinski definition) is 6. The average Bonchev–Trinajstić information content (AvgIpc) is 2.67. The summed E-state index contributed by atoms with van der Waals surface area (Å²) in [5.41, 5.74) is 1.07. The number of ether oxygens (including phenoxy) is 1. The van der Waals surface area contributed by atoms with E-state index in [1.165, 1.54) is 0 Å². The Morgan fingerprint density at radius 1 is 1.11 bits per heavy atom. The summed E-state index contributed by atoms with van der Waals surface area (Å²) in [5.74, 6) is 0. The molecule has 1 saturated heterocycles. The van der Waals surface area contributed by atoms with E-state index in [-0.39, 0.29) is 5.66 Å². The molecule has 1 atom stereocenters. The zero-order chi connectivity index (χ0) is 20.9. The highest BCUT2D eigenvalue weighted by atomic mass is 32.5. The molecule has 164 valence electrons. The van der Waals surface area contributed by atoms with Crippen molar-refractivity contribution in [3.05, 3.63) is 11.0 Å². The molecule has 2 aliphatic rings. The summed E-state index contributed by atoms with van der Waals surface area (Å²) in [4.78, 5) is 2.33. The zero-order valence-corrected chi connectivity index (χ0v) is 20.8. The molecule has 1 aliphatic carbocycles. The highest BCUT2D eigenvalue weighted by Gasteiger charge is 2.45. The molecule has 0 N–H and O–H groups in total. The molecule has 7 nitrogen and oxygen atoms in total. The van der Waals surface area contributed by atoms with Gasteiger partial charge in [0.1, 0.15) is 0 Å². The fraction of sp³-hybridized carbons (Fsp3) is 0.889. The molecule has 1 fully saturated rings. The highest BCUT2D eigenvalue weighted by molar-refractivity contribution is 8.10. The van der Waals surface area contributed by atoms with E-state index in [0.717, 1.165) is 43.4 Å². The van der Waals surface area contributed by atoms with E-state index < -0.39 is 13.9 Å². The van der Waals surface area contributed by atoms with Gasteiger partial charge in [0.2, 0.25) is 7.44 Å². The van der Waals surface area contributed by atoms with Gasteiger partial charge < -0.3 is 18.7 Å². The summed E-state index contributed by atoms with van der Waals surface area (Å²) >= 11 is 6.03. The third kappa shape index (κ3) is 4.92. The minimum absolute atomic E-state index is 0.0301. The molecular weight excluding hydrogens is 416 g/mol. The molecule has 2 rings (SSSR count). The first-order chi connectivity index (χ1) is 13.2. The first kappa shape index (κ1) is 24.5. The minimum atomic E-state index is -2.88. The fourth-order valence-corrected chi connectivity index (χ4v) is 10.5. The van der Waals surface area contributed by atoms with Crippen molar-refractivity contribution in [2.75, 3.05) is 67.7 Å². The van der Waals surface area contributed by atoms with Crippen LogP contribution in [0.2, 0.25) is 0 Å². The van der Waals surface area contributed by atoms with Gasteiger partial charge in [-0.25, -0.2) is 9.34 Å². The van der Waals surface area contributed by atoms with Crippen LogP contribution in [0.25, 0.3) is 0 Å². The molecule has 0 unspecified atom stereocenters. The molecule has 0 aromatic rings. The van der Waals surface area contributed by atoms with Gasteiger partial charge in [-0.05, 0) is 73.1 Å². The Morgan fingerprint density at radius 3 is 2.11 bits per heavy atom. The van der Waals surface area contributed by atoms with Crippen LogP contribution in [0.5, 0.6) is 0 Å². The van der Waals surface area contributed by atoms with Crippen LogP contribution in [0, 0.1) is 0 Å². The molecule has 1 aliphatic heterocycles. The van der Waals surface area contributed by atoms with E-state index in [9.17, 15) is 4.57 Å². The van der Waals surface area contributed by atoms with E-state index in [4.69, 9.17) is 25.6 Å². The summed E-state index contributed by atoms with van der Waals surface area (Å²) in [7, 11) is 4.71. The maximum Gasteiger partial charge on any atom is 0.242 e. The van der Waals surface area contributed by atoms with Crippen LogP contribution in [-0.2, 0) is 30.2 Å². The molecule has 0 spiro atoms. The first-order valence-electron chi connectivity index (χ1n) is 10.1. The molecule has 28 heavy (non-hydrogen) atoms. The summed E-state index contributed by atoms with van der Waals surface area (Å²) in [6.45, 7) is 5.34. The third-order valence-electron chi connectivity index (χ3n) is 5.29. The lowest BCUT2D eigenvalue weighted by atomic mass is 10.0. The van der Waals surface area contributed by atoms with Gasteiger partial charge >= 0.3 is 0 Å². The number of allylic oxidation sites excluding steroid dienone is 2. The van der Waals surface area contributed by atoms with Gasteiger partial charge in [0.25, 0.3) is 0 Å². The molecule has 0 saturated carbocycles. The quantitative estimate of drug-likeness (QED) is 0.489. The van der Waals surface area contributed by atoms with Crippen molar-refractivity contribution in [3.63, 3.8) is 0 Å². The zero-order valence-electron chi connectivity index (χ0n) is 18.2. The standard InChI is InChI=1S/C18H37N3O4P2S/c1-7-24-27(28,25-8-2)17-11-9-10-16(26(22,19(3)4)20(5)6)18(17)21-12-14-23-15-13-21/h17H,7-15H2,1-6H3/t17-/m0/s1. The van der Waals surface area contributed by atoms with E-state index in [1.54, 1.807) is 0 Å². The lowest BCUT2D eigenvalue weighted by Gasteiger charge is -2.45. The Hall–Kier alpha value is 0.220. The molecule has 0 bridgehead atoms. The van der Waals surface area contributed by atoms with Crippen molar-refractivity contribution < 1.29 is 18.3 Å². The first-order valence-corrected chi connectivity index (χ1v) is 14.4. The van der Waals surface area contributed by atoms with Crippen molar-refractivity contribution in [2.45, 2.75) is 38.8 Å². The van der Waals surface area contributed by atoms with Crippen LogP contribution in [0.3, 0.4) is 0 Å². The predicted octanol–water partition coefficient (Wildman–Crippen LogP) is 3.78. The largest absolute Gasteiger partial charge is 0.378 e. The molecular formula is C18H37N3O4P2S. The molecule has 0 radical (unpaired) electrons. The molecule has 0 aromatic carbocycles. The number of morpholine rings is 1. The van der Waals surface area contributed by atoms with Crippen molar-refractivity contribution in [3.8, 4) is 0 Å². The molecule has 0 amide bonds. The Kier molecular flexibility index (Phi) is 9.18. The van der Waals surface area contributed by atoms with Crippen molar-refractivity contribution in [1.29, 1.82) is 0 Å². The van der Waals surface area contributed by atoms with E-state index in [0.29, 0.717) is 26.4 Å². The second-order valence-electron chi connectivity index (χ2n) is 7.45. The summed E-state index contributed by atoms with van der Waals surface area (Å²) < 4.78 is 35.8. The Balaban J connectivity index is 2.67. The van der Waals surface area contributed by atoms with Gasteiger partial charge in [-0.15, -0.1) is 0 Å². The van der Waals surface area contributed by atoms with Crippen molar-refractivity contribution in [1.82, 2.24) is 14.2 Å². The second kappa shape index (κ2) is 10.5. The minimum Gasteiger partial charge on any atom is -0.378 e. The maximum atomic E-state index is 14.2. The maximum absolute atomic E-state index is 14.2. The van der Waals surface area contributed by atoms with Crippen molar-refractivity contribution in [2.24, 2.45) is 0 Å². The second-order valence-corrected chi connectivity index (χ2v) is 14.4. The monoisotopic (exact) mass is 453 g/mol. The smallest absolute Gasteiger partial charge is 0.242 e. The molecule has 0 aromatic heterocycles. The van der Waals surface area contributed by atoms with E-state index in [2.05, 4.69) is 4.90 Å². The number of rotatable bonds is 9. The number of hydrogen-bond donors (Lipinski definition) is 0. The Morgan fingerprint density at radius 2 is 1.64 bits per heavy atom. The highest BCUT2D eigenvalue weighted by Crippen LogP contribution is 2.66. The van der Waals surface area contributed by atoms with Crippen LogP contribution >= 0.6 is 13.9 Å². The van der Waals surface area contributed by atoms with Gasteiger partial charge in [-0.1, -0.05) is 0 Å². The van der Waals surface area contributed by atoms with Gasteiger partial charge in [-0.2, -0.15) is 0 Å². The lowest BCUT2D eigenvalue weighted by molar-refractivity contribution is 0.0506. The third-order valence-corrected chi connectivity index (χ3v) is 12.5. The van der Waals surface area contributed by atoms with Gasteiger partial charge in [-0.3, -0.25) is 4.57 Å². The summed E-state index contributed by atoms with van der Waals surface area (Å²) in [6, 6.07) is 0. The lowest BCUT2D eigenvalue weighted by Crippen LogP contribution is -2.42. The molecule has 1 heterocycles. The van der Waals surface area contributed by atoms with Crippen LogP contribution in [0.15, 0.2) is 11.0 Å². The molecule has 10 heteroatoms. The van der Waals surface area contributed by atoms with E-state index >= 15 is 0 Å².